The largest absolute Gasteiger partial charge is 0.412 e. The van der Waals surface area contributed by atoms with Crippen LogP contribution in [0.2, 0.25) is 0 Å². The van der Waals surface area contributed by atoms with E-state index in [1.54, 1.807) is 0 Å². The molecule has 0 saturated heterocycles. The van der Waals surface area contributed by atoms with E-state index in [1.807, 2.05) is 27.7 Å². The van der Waals surface area contributed by atoms with Crippen molar-refractivity contribution in [1.82, 2.24) is 0 Å². The zero-order valence-corrected chi connectivity index (χ0v) is 13.7. The Hall–Kier alpha value is -0.150. The van der Waals surface area contributed by atoms with Gasteiger partial charge >= 0.3 is 0 Å². The molecule has 2 nitrogen and oxygen atoms in total. The lowest BCUT2D eigenvalue weighted by Gasteiger charge is -2.12. The molecule has 0 aromatic carbocycles. The van der Waals surface area contributed by atoms with Crippen molar-refractivity contribution in [3.05, 3.63) is 0 Å². The van der Waals surface area contributed by atoms with Gasteiger partial charge in [0.15, 0.2) is 0 Å². The molecule has 2 rings (SSSR count). The molecule has 0 aliphatic heterocycles. The molecule has 0 spiro atoms. The molecule has 3 heteroatoms. The van der Waals surface area contributed by atoms with E-state index >= 15 is 0 Å². The summed E-state index contributed by atoms with van der Waals surface area (Å²) >= 11 is 0. The summed E-state index contributed by atoms with van der Waals surface area (Å²) in [6.45, 7) is 8.00. The summed E-state index contributed by atoms with van der Waals surface area (Å²) in [7, 11) is 0. The van der Waals surface area contributed by atoms with E-state index in [9.17, 15) is 4.39 Å². The molecule has 0 bridgehead atoms. The molecule has 0 atom stereocenters. The average molecular weight is 282 g/mol. The summed E-state index contributed by atoms with van der Waals surface area (Å²) in [5, 5.41) is 0. The Labute approximate surface area is 120 Å². The van der Waals surface area contributed by atoms with Crippen molar-refractivity contribution in [1.29, 1.82) is 0 Å². The predicted octanol–water partition coefficient (Wildman–Crippen LogP) is 5.03. The highest BCUT2D eigenvalue weighted by Crippen LogP contribution is 2.19. The fourth-order valence-electron chi connectivity index (χ4n) is 2.11. The molecule has 2 aliphatic carbocycles. The molecular formula is C16H39FO2. The van der Waals surface area contributed by atoms with Crippen molar-refractivity contribution in [3.8, 4) is 0 Å². The maximum absolute atomic E-state index is 12.2. The summed E-state index contributed by atoms with van der Waals surface area (Å²) in [5.41, 5.74) is 0. The van der Waals surface area contributed by atoms with E-state index in [1.165, 1.54) is 44.9 Å². The van der Waals surface area contributed by atoms with Crippen LogP contribution in [0, 0.1) is 0 Å². The molecule has 2 fully saturated rings. The van der Waals surface area contributed by atoms with Gasteiger partial charge in [-0.1, -0.05) is 85.5 Å². The summed E-state index contributed by atoms with van der Waals surface area (Å²) in [6, 6.07) is 0. The van der Waals surface area contributed by atoms with E-state index in [4.69, 9.17) is 0 Å². The van der Waals surface area contributed by atoms with Crippen LogP contribution in [-0.4, -0.2) is 17.1 Å². The summed E-state index contributed by atoms with van der Waals surface area (Å²) in [5.74, 6) is 0. The molecule has 0 aromatic rings. The summed E-state index contributed by atoms with van der Waals surface area (Å²) in [4.78, 5) is 0. The molecule has 0 amide bonds. The van der Waals surface area contributed by atoms with Crippen molar-refractivity contribution in [3.63, 3.8) is 0 Å². The lowest BCUT2D eigenvalue weighted by molar-refractivity contribution is 0.251. The van der Waals surface area contributed by atoms with Crippen molar-refractivity contribution in [2.75, 3.05) is 0 Å². The Balaban J connectivity index is -0.0000000872. The van der Waals surface area contributed by atoms with Crippen LogP contribution in [0.25, 0.3) is 0 Å². The fraction of sp³-hybridized carbons (Fsp3) is 1.00. The monoisotopic (exact) mass is 282 g/mol. The highest BCUT2D eigenvalue weighted by Gasteiger charge is 2.09. The van der Waals surface area contributed by atoms with Gasteiger partial charge in [-0.15, -0.1) is 0 Å². The van der Waals surface area contributed by atoms with Crippen LogP contribution < -0.4 is 0 Å². The molecular weight excluding hydrogens is 243 g/mol. The molecule has 0 unspecified atom stereocenters. The molecule has 0 aromatic heterocycles. The molecule has 2 saturated carbocycles. The fourth-order valence-corrected chi connectivity index (χ4v) is 2.11. The first-order valence-electron chi connectivity index (χ1n) is 8.03. The van der Waals surface area contributed by atoms with Gasteiger partial charge in [-0.25, -0.2) is 4.39 Å². The Morgan fingerprint density at radius 3 is 0.895 bits per heavy atom. The molecule has 4 N–H and O–H groups in total. The molecule has 0 heterocycles. The second kappa shape index (κ2) is 26.4. The van der Waals surface area contributed by atoms with E-state index in [2.05, 4.69) is 0 Å². The van der Waals surface area contributed by atoms with E-state index in [0.29, 0.717) is 0 Å². The van der Waals surface area contributed by atoms with Crippen molar-refractivity contribution < 1.29 is 15.3 Å². The highest BCUT2D eigenvalue weighted by atomic mass is 19.1. The third-order valence-electron chi connectivity index (χ3n) is 3.03. The van der Waals surface area contributed by atoms with E-state index < -0.39 is 6.17 Å². The van der Waals surface area contributed by atoms with Gasteiger partial charge in [-0.3, -0.25) is 0 Å². The topological polar surface area (TPSA) is 63.0 Å². The van der Waals surface area contributed by atoms with Crippen LogP contribution >= 0.6 is 0 Å². The maximum Gasteiger partial charge on any atom is 0.100 e. The Bertz CT molecular complexity index is 99.8. The third-order valence-corrected chi connectivity index (χ3v) is 3.03. The van der Waals surface area contributed by atoms with Crippen LogP contribution in [0.1, 0.15) is 98.3 Å². The average Bonchev–Trinajstić information content (AvgIpc) is 2.47. The summed E-state index contributed by atoms with van der Waals surface area (Å²) < 4.78 is 12.2. The van der Waals surface area contributed by atoms with Gasteiger partial charge in [0.1, 0.15) is 6.17 Å². The van der Waals surface area contributed by atoms with Crippen LogP contribution in [0.4, 0.5) is 4.39 Å². The predicted molar refractivity (Wildman–Crippen MR) is 85.6 cm³/mol. The molecule has 2 aliphatic rings. The van der Waals surface area contributed by atoms with Crippen LogP contribution in [0.5, 0.6) is 0 Å². The first kappa shape index (κ1) is 27.2. The van der Waals surface area contributed by atoms with Crippen LogP contribution in [0.15, 0.2) is 0 Å². The van der Waals surface area contributed by atoms with Crippen LogP contribution in [0.3, 0.4) is 0 Å². The van der Waals surface area contributed by atoms with Gasteiger partial charge in [0, 0.05) is 0 Å². The Morgan fingerprint density at radius 2 is 0.737 bits per heavy atom. The number of hydrogen-bond donors (Lipinski definition) is 0. The molecule has 0 radical (unpaired) electrons. The first-order chi connectivity index (χ1) is 8.39. The lowest BCUT2D eigenvalue weighted by Crippen LogP contribution is -2.04. The minimum absolute atomic E-state index is 0. The first-order valence-corrected chi connectivity index (χ1v) is 8.03. The normalized spacial score (nSPS) is 17.5. The Morgan fingerprint density at radius 1 is 0.526 bits per heavy atom. The second-order valence-corrected chi connectivity index (χ2v) is 4.36. The van der Waals surface area contributed by atoms with Gasteiger partial charge in [-0.2, -0.15) is 0 Å². The second-order valence-electron chi connectivity index (χ2n) is 4.36. The third kappa shape index (κ3) is 23.4. The van der Waals surface area contributed by atoms with E-state index in [0.717, 1.165) is 25.7 Å². The summed E-state index contributed by atoms with van der Waals surface area (Å²) in [6.07, 6.45) is 13.6. The lowest BCUT2D eigenvalue weighted by atomic mass is 9.99. The zero-order valence-electron chi connectivity index (χ0n) is 13.7. The molecule has 19 heavy (non-hydrogen) atoms. The number of hydrogen-bond acceptors (Lipinski definition) is 0. The zero-order chi connectivity index (χ0) is 13.4. The number of rotatable bonds is 0. The standard InChI is InChI=1S/C6H11F.C6H12.2C2H6.2H2O/c7-6-4-2-1-3-5-6;1-2-4-6-5-3-1;2*1-2;;/h6H,1-5H2;1-6H2;2*1-2H3;2*1H2. The number of alkyl halides is 1. The van der Waals surface area contributed by atoms with Gasteiger partial charge < -0.3 is 11.0 Å². The SMILES string of the molecule is C1CCCCC1.CC.CC.FC1CCCCC1.O.O. The van der Waals surface area contributed by atoms with Crippen LogP contribution in [-0.2, 0) is 0 Å². The van der Waals surface area contributed by atoms with Gasteiger partial charge in [-0.05, 0) is 12.8 Å². The minimum atomic E-state index is -0.464. The maximum atomic E-state index is 12.2. The van der Waals surface area contributed by atoms with Gasteiger partial charge in [0.25, 0.3) is 0 Å². The highest BCUT2D eigenvalue weighted by molar-refractivity contribution is 4.62. The van der Waals surface area contributed by atoms with Crippen molar-refractivity contribution in [2.24, 2.45) is 0 Å². The quantitative estimate of drug-likeness (QED) is 0.598. The van der Waals surface area contributed by atoms with Crippen molar-refractivity contribution in [2.45, 2.75) is 104 Å². The Kier molecular flexibility index (Phi) is 37.9. The van der Waals surface area contributed by atoms with E-state index in [-0.39, 0.29) is 11.0 Å². The minimum Gasteiger partial charge on any atom is -0.412 e. The molecule has 122 valence electrons. The van der Waals surface area contributed by atoms with Gasteiger partial charge in [0.05, 0.1) is 0 Å². The smallest absolute Gasteiger partial charge is 0.100 e. The number of halogens is 1. The van der Waals surface area contributed by atoms with Gasteiger partial charge in [0.2, 0.25) is 0 Å². The van der Waals surface area contributed by atoms with Crippen molar-refractivity contribution >= 4 is 0 Å².